The molecule has 0 radical (unpaired) electrons. The highest BCUT2D eigenvalue weighted by molar-refractivity contribution is 5.95. The topological polar surface area (TPSA) is 17.1 Å². The highest BCUT2D eigenvalue weighted by atomic mass is 16.1. The molecule has 0 N–H and O–H groups in total. The van der Waals surface area contributed by atoms with Crippen molar-refractivity contribution in [2.75, 3.05) is 0 Å². The fraction of sp³-hybridized carbons (Fsp3) is 0.533. The Morgan fingerprint density at radius 1 is 1.25 bits per heavy atom. The van der Waals surface area contributed by atoms with Crippen molar-refractivity contribution < 1.29 is 4.79 Å². The van der Waals surface area contributed by atoms with Gasteiger partial charge in [-0.1, -0.05) is 44.4 Å². The predicted octanol–water partition coefficient (Wildman–Crippen LogP) is 4.33. The summed E-state index contributed by atoms with van der Waals surface area (Å²) in [5.41, 5.74) is 2.27. The number of rotatable bonds is 3. The van der Waals surface area contributed by atoms with Crippen molar-refractivity contribution in [1.82, 2.24) is 0 Å². The minimum Gasteiger partial charge on any atom is -0.294 e. The highest BCUT2D eigenvalue weighted by Crippen LogP contribution is 2.32. The van der Waals surface area contributed by atoms with Gasteiger partial charge in [0, 0.05) is 12.0 Å². The van der Waals surface area contributed by atoms with Crippen LogP contribution in [0.5, 0.6) is 0 Å². The van der Waals surface area contributed by atoms with Crippen LogP contribution in [0.25, 0.3) is 0 Å². The smallest absolute Gasteiger partial charge is 0.162 e. The molecule has 0 heterocycles. The Balaban J connectivity index is 2.17. The Morgan fingerprint density at radius 3 is 2.69 bits per heavy atom. The molecule has 0 spiro atoms. The molecule has 1 aliphatic rings. The fourth-order valence-corrected chi connectivity index (χ4v) is 2.61. The lowest BCUT2D eigenvalue weighted by molar-refractivity contribution is 0.0988. The number of ketones is 1. The molecule has 0 aromatic heterocycles. The molecule has 0 atom stereocenters. The molecule has 1 aliphatic carbocycles. The highest BCUT2D eigenvalue weighted by Gasteiger charge is 2.16. The quantitative estimate of drug-likeness (QED) is 0.687. The predicted molar refractivity (Wildman–Crippen MR) is 66.9 cm³/mol. The molecule has 0 saturated heterocycles. The van der Waals surface area contributed by atoms with E-state index in [0.29, 0.717) is 12.3 Å². The second-order valence-electron chi connectivity index (χ2n) is 4.74. The number of carbonyl (C=O) groups is 1. The molecule has 0 unspecified atom stereocenters. The standard InChI is InChI=1S/C15H20O/c1-2-15(16)14-10-6-9-13(11-14)12-7-4-3-5-8-12/h6,9-12H,2-5,7-8H2,1H3. The summed E-state index contributed by atoms with van der Waals surface area (Å²) in [4.78, 5) is 11.6. The molecule has 2 rings (SSSR count). The largest absolute Gasteiger partial charge is 0.294 e. The summed E-state index contributed by atoms with van der Waals surface area (Å²) in [5.74, 6) is 0.955. The maximum Gasteiger partial charge on any atom is 0.162 e. The van der Waals surface area contributed by atoms with Crippen molar-refractivity contribution in [2.24, 2.45) is 0 Å². The number of hydrogen-bond donors (Lipinski definition) is 0. The molecule has 1 aromatic rings. The molecule has 86 valence electrons. The Labute approximate surface area is 97.9 Å². The van der Waals surface area contributed by atoms with Crippen molar-refractivity contribution in [1.29, 1.82) is 0 Å². The third-order valence-corrected chi connectivity index (χ3v) is 3.61. The minimum atomic E-state index is 0.262. The number of Topliss-reactive ketones (excluding diaryl/α,β-unsaturated/α-hetero) is 1. The van der Waals surface area contributed by atoms with Crippen molar-refractivity contribution in [2.45, 2.75) is 51.4 Å². The van der Waals surface area contributed by atoms with Gasteiger partial charge in [0.2, 0.25) is 0 Å². The Bertz CT molecular complexity index is 361. The summed E-state index contributed by atoms with van der Waals surface area (Å²) in [6, 6.07) is 8.27. The van der Waals surface area contributed by atoms with Crippen LogP contribution in [0, 0.1) is 0 Å². The van der Waals surface area contributed by atoms with E-state index in [9.17, 15) is 4.79 Å². The molecule has 0 amide bonds. The first kappa shape index (κ1) is 11.4. The molecule has 0 bridgehead atoms. The van der Waals surface area contributed by atoms with E-state index in [1.807, 2.05) is 19.1 Å². The van der Waals surface area contributed by atoms with Crippen LogP contribution >= 0.6 is 0 Å². The van der Waals surface area contributed by atoms with Gasteiger partial charge < -0.3 is 0 Å². The van der Waals surface area contributed by atoms with Gasteiger partial charge in [0.05, 0.1) is 0 Å². The zero-order valence-electron chi connectivity index (χ0n) is 10.0. The van der Waals surface area contributed by atoms with E-state index in [4.69, 9.17) is 0 Å². The van der Waals surface area contributed by atoms with Crippen LogP contribution in [0.15, 0.2) is 24.3 Å². The third-order valence-electron chi connectivity index (χ3n) is 3.61. The van der Waals surface area contributed by atoms with Crippen molar-refractivity contribution in [3.8, 4) is 0 Å². The fourth-order valence-electron chi connectivity index (χ4n) is 2.61. The van der Waals surface area contributed by atoms with E-state index in [2.05, 4.69) is 12.1 Å². The van der Waals surface area contributed by atoms with E-state index >= 15 is 0 Å². The average Bonchev–Trinajstić information content (AvgIpc) is 2.39. The van der Waals surface area contributed by atoms with Gasteiger partial charge in [0.15, 0.2) is 5.78 Å². The molecular weight excluding hydrogens is 196 g/mol. The van der Waals surface area contributed by atoms with E-state index in [-0.39, 0.29) is 5.78 Å². The van der Waals surface area contributed by atoms with Crippen LogP contribution in [-0.4, -0.2) is 5.78 Å². The summed E-state index contributed by atoms with van der Waals surface area (Å²) in [6.07, 6.45) is 7.26. The number of hydrogen-bond acceptors (Lipinski definition) is 1. The molecule has 1 aromatic carbocycles. The minimum absolute atomic E-state index is 0.262. The maximum atomic E-state index is 11.6. The zero-order chi connectivity index (χ0) is 11.4. The molecule has 1 saturated carbocycles. The molecule has 16 heavy (non-hydrogen) atoms. The van der Waals surface area contributed by atoms with Crippen LogP contribution in [0.1, 0.15) is 67.3 Å². The van der Waals surface area contributed by atoms with Crippen LogP contribution in [0.2, 0.25) is 0 Å². The first-order valence-electron chi connectivity index (χ1n) is 6.44. The first-order chi connectivity index (χ1) is 7.81. The molecule has 1 nitrogen and oxygen atoms in total. The normalized spacial score (nSPS) is 17.3. The van der Waals surface area contributed by atoms with Crippen molar-refractivity contribution in [3.63, 3.8) is 0 Å². The summed E-state index contributed by atoms with van der Waals surface area (Å²) < 4.78 is 0. The van der Waals surface area contributed by atoms with E-state index in [0.717, 1.165) is 5.56 Å². The lowest BCUT2D eigenvalue weighted by Crippen LogP contribution is -2.06. The monoisotopic (exact) mass is 216 g/mol. The Morgan fingerprint density at radius 2 is 2.00 bits per heavy atom. The average molecular weight is 216 g/mol. The first-order valence-corrected chi connectivity index (χ1v) is 6.44. The Kier molecular flexibility index (Phi) is 3.76. The van der Waals surface area contributed by atoms with Gasteiger partial charge in [0.25, 0.3) is 0 Å². The van der Waals surface area contributed by atoms with Crippen molar-refractivity contribution in [3.05, 3.63) is 35.4 Å². The summed E-state index contributed by atoms with van der Waals surface area (Å²) in [5, 5.41) is 0. The summed E-state index contributed by atoms with van der Waals surface area (Å²) >= 11 is 0. The second-order valence-corrected chi connectivity index (χ2v) is 4.74. The van der Waals surface area contributed by atoms with Gasteiger partial charge >= 0.3 is 0 Å². The molecular formula is C15H20O. The summed E-state index contributed by atoms with van der Waals surface area (Å²) in [7, 11) is 0. The van der Waals surface area contributed by atoms with Crippen LogP contribution in [-0.2, 0) is 0 Å². The van der Waals surface area contributed by atoms with Crippen LogP contribution in [0.4, 0.5) is 0 Å². The second kappa shape index (κ2) is 5.29. The van der Waals surface area contributed by atoms with Gasteiger partial charge in [-0.2, -0.15) is 0 Å². The van der Waals surface area contributed by atoms with Crippen LogP contribution in [0.3, 0.4) is 0 Å². The molecule has 0 aliphatic heterocycles. The Hall–Kier alpha value is -1.11. The van der Waals surface area contributed by atoms with Gasteiger partial charge in [0.1, 0.15) is 0 Å². The van der Waals surface area contributed by atoms with Gasteiger partial charge in [-0.15, -0.1) is 0 Å². The number of carbonyl (C=O) groups excluding carboxylic acids is 1. The van der Waals surface area contributed by atoms with Gasteiger partial charge in [-0.05, 0) is 30.4 Å². The SMILES string of the molecule is CCC(=O)c1cccc(C2CCCCC2)c1. The lowest BCUT2D eigenvalue weighted by Gasteiger charge is -2.22. The number of benzene rings is 1. The third kappa shape index (κ3) is 2.52. The van der Waals surface area contributed by atoms with Gasteiger partial charge in [-0.3, -0.25) is 4.79 Å². The lowest BCUT2D eigenvalue weighted by atomic mass is 9.83. The van der Waals surface area contributed by atoms with Gasteiger partial charge in [-0.25, -0.2) is 0 Å². The van der Waals surface area contributed by atoms with E-state index in [1.165, 1.54) is 37.7 Å². The van der Waals surface area contributed by atoms with E-state index < -0.39 is 0 Å². The molecule has 1 heteroatoms. The molecule has 1 fully saturated rings. The van der Waals surface area contributed by atoms with E-state index in [1.54, 1.807) is 0 Å². The maximum absolute atomic E-state index is 11.6. The summed E-state index contributed by atoms with van der Waals surface area (Å²) in [6.45, 7) is 1.93. The zero-order valence-corrected chi connectivity index (χ0v) is 10.0. The van der Waals surface area contributed by atoms with Crippen LogP contribution < -0.4 is 0 Å². The van der Waals surface area contributed by atoms with Crippen molar-refractivity contribution >= 4 is 5.78 Å².